The summed E-state index contributed by atoms with van der Waals surface area (Å²) in [6, 6.07) is 0.673. The summed E-state index contributed by atoms with van der Waals surface area (Å²) >= 11 is 0. The summed E-state index contributed by atoms with van der Waals surface area (Å²) in [5.74, 6) is -0.160. The highest BCUT2D eigenvalue weighted by Gasteiger charge is 2.52. The molecule has 17 heavy (non-hydrogen) atoms. The van der Waals surface area contributed by atoms with Gasteiger partial charge in [0.25, 0.3) is 0 Å². The van der Waals surface area contributed by atoms with Crippen molar-refractivity contribution < 1.29 is 4.79 Å². The van der Waals surface area contributed by atoms with Crippen LogP contribution in [0.25, 0.3) is 0 Å². The van der Waals surface area contributed by atoms with Gasteiger partial charge in [0, 0.05) is 18.6 Å². The van der Waals surface area contributed by atoms with E-state index in [1.807, 2.05) is 0 Å². The van der Waals surface area contributed by atoms with Gasteiger partial charge >= 0.3 is 0 Å². The summed E-state index contributed by atoms with van der Waals surface area (Å²) in [5.41, 5.74) is 5.24. The maximum absolute atomic E-state index is 12.0. The molecule has 2 heterocycles. The number of nitrogens with one attached hydrogen (secondary N) is 1. The number of amides is 1. The van der Waals surface area contributed by atoms with E-state index in [2.05, 4.69) is 24.1 Å². The van der Waals surface area contributed by atoms with Crippen LogP contribution >= 0.6 is 0 Å². The van der Waals surface area contributed by atoms with Crippen molar-refractivity contribution in [2.24, 2.45) is 5.73 Å². The molecule has 0 bridgehead atoms. The van der Waals surface area contributed by atoms with Crippen LogP contribution in [0.1, 0.15) is 46.0 Å². The topological polar surface area (TPSA) is 58.4 Å². The Hall–Kier alpha value is -0.610. The van der Waals surface area contributed by atoms with Gasteiger partial charge in [-0.1, -0.05) is 13.3 Å². The molecule has 0 saturated carbocycles. The molecule has 2 rings (SSSR count). The number of hydrogen-bond donors (Lipinski definition) is 2. The van der Waals surface area contributed by atoms with Crippen molar-refractivity contribution in [3.05, 3.63) is 0 Å². The van der Waals surface area contributed by atoms with Gasteiger partial charge in [-0.25, -0.2) is 0 Å². The van der Waals surface area contributed by atoms with Gasteiger partial charge in [-0.05, 0) is 39.2 Å². The first kappa shape index (κ1) is 12.8. The lowest BCUT2D eigenvalue weighted by Crippen LogP contribution is -2.65. The van der Waals surface area contributed by atoms with Crippen LogP contribution in [0.3, 0.4) is 0 Å². The Balaban J connectivity index is 2.19. The zero-order valence-corrected chi connectivity index (χ0v) is 11.0. The lowest BCUT2D eigenvalue weighted by atomic mass is 9.84. The highest BCUT2D eigenvalue weighted by Crippen LogP contribution is 2.35. The molecule has 98 valence electrons. The SMILES string of the molecule is CCC(C)NC1(C(N)=O)CCN2CCCCC21. The van der Waals surface area contributed by atoms with Gasteiger partial charge in [-0.15, -0.1) is 0 Å². The lowest BCUT2D eigenvalue weighted by Gasteiger charge is -2.40. The van der Waals surface area contributed by atoms with E-state index in [0.717, 1.165) is 32.4 Å². The molecular formula is C13H25N3O. The summed E-state index contributed by atoms with van der Waals surface area (Å²) in [5, 5.41) is 3.52. The molecule has 3 atom stereocenters. The highest BCUT2D eigenvalue weighted by molar-refractivity contribution is 5.86. The molecule has 0 aromatic rings. The minimum absolute atomic E-state index is 0.160. The summed E-state index contributed by atoms with van der Waals surface area (Å²) in [6.45, 7) is 6.41. The van der Waals surface area contributed by atoms with E-state index in [-0.39, 0.29) is 5.91 Å². The molecule has 2 aliphatic rings. The van der Waals surface area contributed by atoms with Crippen LogP contribution in [-0.4, -0.2) is 41.5 Å². The number of hydrogen-bond acceptors (Lipinski definition) is 3. The van der Waals surface area contributed by atoms with Crippen LogP contribution in [0.5, 0.6) is 0 Å². The molecular weight excluding hydrogens is 214 g/mol. The van der Waals surface area contributed by atoms with E-state index < -0.39 is 5.54 Å². The van der Waals surface area contributed by atoms with E-state index in [1.54, 1.807) is 0 Å². The molecule has 4 heteroatoms. The molecule has 0 spiro atoms. The normalized spacial score (nSPS) is 35.5. The fourth-order valence-electron chi connectivity index (χ4n) is 3.37. The van der Waals surface area contributed by atoms with Crippen molar-refractivity contribution in [3.63, 3.8) is 0 Å². The first-order chi connectivity index (χ1) is 8.10. The van der Waals surface area contributed by atoms with Gasteiger partial charge in [0.05, 0.1) is 0 Å². The summed E-state index contributed by atoms with van der Waals surface area (Å²) in [6.07, 6.45) is 5.48. The van der Waals surface area contributed by atoms with Gasteiger partial charge in [0.15, 0.2) is 0 Å². The van der Waals surface area contributed by atoms with E-state index in [9.17, 15) is 4.79 Å². The average Bonchev–Trinajstić information content (AvgIpc) is 2.70. The molecule has 3 unspecified atom stereocenters. The monoisotopic (exact) mass is 239 g/mol. The largest absolute Gasteiger partial charge is 0.368 e. The minimum atomic E-state index is -0.476. The first-order valence-corrected chi connectivity index (χ1v) is 6.92. The van der Waals surface area contributed by atoms with Crippen molar-refractivity contribution in [1.82, 2.24) is 10.2 Å². The van der Waals surface area contributed by atoms with Crippen LogP contribution in [0.4, 0.5) is 0 Å². The Morgan fingerprint density at radius 2 is 2.29 bits per heavy atom. The molecule has 3 N–H and O–H groups in total. The zero-order chi connectivity index (χ0) is 12.5. The fourth-order valence-corrected chi connectivity index (χ4v) is 3.37. The molecule has 0 aromatic heterocycles. The lowest BCUT2D eigenvalue weighted by molar-refractivity contribution is -0.126. The molecule has 2 saturated heterocycles. The Labute approximate surface area is 104 Å². The fraction of sp³-hybridized carbons (Fsp3) is 0.923. The second-order valence-electron chi connectivity index (χ2n) is 5.59. The van der Waals surface area contributed by atoms with Crippen molar-refractivity contribution >= 4 is 5.91 Å². The molecule has 1 amide bonds. The van der Waals surface area contributed by atoms with E-state index >= 15 is 0 Å². The number of carbonyl (C=O) groups excluding carboxylic acids is 1. The van der Waals surface area contributed by atoms with Gasteiger partial charge in [-0.3, -0.25) is 15.0 Å². The number of fused-ring (bicyclic) bond motifs is 1. The molecule has 0 aliphatic carbocycles. The summed E-state index contributed by atoms with van der Waals surface area (Å²) in [4.78, 5) is 14.4. The van der Waals surface area contributed by atoms with Crippen LogP contribution < -0.4 is 11.1 Å². The van der Waals surface area contributed by atoms with Gasteiger partial charge in [0.2, 0.25) is 5.91 Å². The number of nitrogens with zero attached hydrogens (tertiary/aromatic N) is 1. The Bertz CT molecular complexity index is 294. The zero-order valence-electron chi connectivity index (χ0n) is 11.0. The molecule has 0 aromatic carbocycles. The molecule has 2 aliphatic heterocycles. The van der Waals surface area contributed by atoms with Gasteiger partial charge < -0.3 is 5.73 Å². The van der Waals surface area contributed by atoms with Crippen molar-refractivity contribution in [2.45, 2.75) is 63.6 Å². The van der Waals surface area contributed by atoms with Crippen LogP contribution in [0.2, 0.25) is 0 Å². The Kier molecular flexibility index (Phi) is 3.73. The maximum atomic E-state index is 12.0. The third kappa shape index (κ3) is 2.20. The van der Waals surface area contributed by atoms with Crippen LogP contribution in [0.15, 0.2) is 0 Å². The predicted octanol–water partition coefficient (Wildman–Crippen LogP) is 0.857. The first-order valence-electron chi connectivity index (χ1n) is 6.92. The van der Waals surface area contributed by atoms with Crippen molar-refractivity contribution in [1.29, 1.82) is 0 Å². The van der Waals surface area contributed by atoms with Crippen LogP contribution in [-0.2, 0) is 4.79 Å². The Morgan fingerprint density at radius 1 is 1.53 bits per heavy atom. The summed E-state index contributed by atoms with van der Waals surface area (Å²) in [7, 11) is 0. The third-order valence-electron chi connectivity index (χ3n) is 4.53. The van der Waals surface area contributed by atoms with Gasteiger partial charge in [-0.2, -0.15) is 0 Å². The number of piperidine rings is 1. The second kappa shape index (κ2) is 4.94. The maximum Gasteiger partial charge on any atom is 0.239 e. The van der Waals surface area contributed by atoms with Crippen molar-refractivity contribution in [2.75, 3.05) is 13.1 Å². The second-order valence-corrected chi connectivity index (χ2v) is 5.59. The highest BCUT2D eigenvalue weighted by atomic mass is 16.1. The number of rotatable bonds is 4. The summed E-state index contributed by atoms with van der Waals surface area (Å²) < 4.78 is 0. The van der Waals surface area contributed by atoms with E-state index in [0.29, 0.717) is 12.1 Å². The number of carbonyl (C=O) groups is 1. The van der Waals surface area contributed by atoms with E-state index in [1.165, 1.54) is 12.8 Å². The predicted molar refractivity (Wildman–Crippen MR) is 68.6 cm³/mol. The number of nitrogens with two attached hydrogens (primary N) is 1. The minimum Gasteiger partial charge on any atom is -0.368 e. The number of primary amides is 1. The Morgan fingerprint density at radius 3 is 2.94 bits per heavy atom. The third-order valence-corrected chi connectivity index (χ3v) is 4.53. The van der Waals surface area contributed by atoms with Crippen LogP contribution in [0, 0.1) is 0 Å². The smallest absolute Gasteiger partial charge is 0.239 e. The van der Waals surface area contributed by atoms with E-state index in [4.69, 9.17) is 5.73 Å². The van der Waals surface area contributed by atoms with Gasteiger partial charge in [0.1, 0.15) is 5.54 Å². The van der Waals surface area contributed by atoms with Crippen molar-refractivity contribution in [3.8, 4) is 0 Å². The molecule has 2 fully saturated rings. The average molecular weight is 239 g/mol. The molecule has 4 nitrogen and oxygen atoms in total. The standard InChI is InChI=1S/C13H25N3O/c1-3-10(2)15-13(12(14)17)7-9-16-8-5-4-6-11(13)16/h10-11,15H,3-9H2,1-2H3,(H2,14,17). The molecule has 0 radical (unpaired) electrons. The quantitative estimate of drug-likeness (QED) is 0.765.